The fourth-order valence-corrected chi connectivity index (χ4v) is 3.94. The number of nitrogen functional groups attached to an aromatic ring is 1. The molecule has 0 atom stereocenters. The lowest BCUT2D eigenvalue weighted by atomic mass is 9.99. The molecular weight excluding hydrogens is 509 g/mol. The van der Waals surface area contributed by atoms with E-state index in [1.165, 1.54) is 5.56 Å². The molecule has 1 aliphatic rings. The molecule has 3 aromatic rings. The molecule has 4 rings (SSSR count). The van der Waals surface area contributed by atoms with E-state index in [9.17, 15) is 0 Å². The molecule has 2 heterocycles. The first-order valence-corrected chi connectivity index (χ1v) is 9.53. The maximum atomic E-state index is 6.28. The van der Waals surface area contributed by atoms with Crippen molar-refractivity contribution in [2.24, 2.45) is 4.99 Å². The number of benzene rings is 2. The van der Waals surface area contributed by atoms with Crippen LogP contribution in [0.1, 0.15) is 22.3 Å². The Bertz CT molecular complexity index is 1170. The number of halogens is 1. The SMILES string of the molecule is COc1cc2c(cc1OC)-c1nc(=Nc3c(C)cc(C)cc3C)nc(N)n1CC2.I.O. The Morgan fingerprint density at radius 1 is 0.968 bits per heavy atom. The van der Waals surface area contributed by atoms with Crippen molar-refractivity contribution in [1.82, 2.24) is 14.5 Å². The van der Waals surface area contributed by atoms with Gasteiger partial charge in [-0.3, -0.25) is 4.57 Å². The number of rotatable bonds is 3. The third kappa shape index (κ3) is 4.52. The number of aryl methyl sites for hydroxylation is 4. The minimum absolute atomic E-state index is 0. The van der Waals surface area contributed by atoms with E-state index in [0.29, 0.717) is 29.6 Å². The van der Waals surface area contributed by atoms with Crippen molar-refractivity contribution < 1.29 is 14.9 Å². The molecule has 9 heteroatoms. The fourth-order valence-electron chi connectivity index (χ4n) is 3.94. The number of hydrogen-bond donors (Lipinski definition) is 1. The highest BCUT2D eigenvalue weighted by Gasteiger charge is 2.22. The van der Waals surface area contributed by atoms with Gasteiger partial charge in [-0.2, -0.15) is 9.97 Å². The maximum Gasteiger partial charge on any atom is 0.255 e. The van der Waals surface area contributed by atoms with Crippen LogP contribution in [0, 0.1) is 20.8 Å². The molecule has 0 aliphatic carbocycles. The van der Waals surface area contributed by atoms with Gasteiger partial charge < -0.3 is 20.7 Å². The molecule has 166 valence electrons. The number of nitrogens with two attached hydrogens (primary N) is 1. The van der Waals surface area contributed by atoms with Crippen LogP contribution in [0.2, 0.25) is 0 Å². The average molecular weight is 537 g/mol. The van der Waals surface area contributed by atoms with Crippen molar-refractivity contribution in [3.05, 3.63) is 52.1 Å². The summed E-state index contributed by atoms with van der Waals surface area (Å²) in [6, 6.07) is 8.16. The van der Waals surface area contributed by atoms with Crippen LogP contribution in [0.3, 0.4) is 0 Å². The molecule has 0 saturated carbocycles. The predicted molar refractivity (Wildman–Crippen MR) is 132 cm³/mol. The van der Waals surface area contributed by atoms with E-state index in [2.05, 4.69) is 24.0 Å². The van der Waals surface area contributed by atoms with Gasteiger partial charge in [-0.15, -0.1) is 24.0 Å². The van der Waals surface area contributed by atoms with E-state index < -0.39 is 0 Å². The van der Waals surface area contributed by atoms with Crippen LogP contribution in [-0.4, -0.2) is 34.2 Å². The van der Waals surface area contributed by atoms with Gasteiger partial charge >= 0.3 is 0 Å². The topological polar surface area (TPSA) is 119 Å². The van der Waals surface area contributed by atoms with E-state index in [0.717, 1.165) is 40.2 Å². The zero-order valence-electron chi connectivity index (χ0n) is 18.3. The summed E-state index contributed by atoms with van der Waals surface area (Å²) in [7, 11) is 3.26. The number of methoxy groups -OCH3 is 2. The van der Waals surface area contributed by atoms with Gasteiger partial charge in [0.25, 0.3) is 5.62 Å². The molecule has 0 saturated heterocycles. The maximum absolute atomic E-state index is 6.28. The second kappa shape index (κ2) is 9.65. The number of aromatic nitrogens is 3. The summed E-state index contributed by atoms with van der Waals surface area (Å²) in [5.41, 5.74) is 13.0. The van der Waals surface area contributed by atoms with Crippen LogP contribution in [0.4, 0.5) is 11.6 Å². The van der Waals surface area contributed by atoms with Crippen molar-refractivity contribution in [2.45, 2.75) is 33.7 Å². The summed E-state index contributed by atoms with van der Waals surface area (Å²) in [6.45, 7) is 6.86. The summed E-state index contributed by atoms with van der Waals surface area (Å²) in [6.07, 6.45) is 0.813. The summed E-state index contributed by atoms with van der Waals surface area (Å²) in [5, 5.41) is 0. The van der Waals surface area contributed by atoms with Gasteiger partial charge in [0, 0.05) is 12.1 Å². The monoisotopic (exact) mass is 537 g/mol. The summed E-state index contributed by atoms with van der Waals surface area (Å²) in [4.78, 5) is 13.9. The third-order valence-electron chi connectivity index (χ3n) is 5.25. The predicted octanol–water partition coefficient (Wildman–Crippen LogP) is 3.05. The molecule has 0 radical (unpaired) electrons. The Morgan fingerprint density at radius 2 is 1.58 bits per heavy atom. The molecular formula is C22H28IN5O3. The lowest BCUT2D eigenvalue weighted by Gasteiger charge is -2.23. The average Bonchev–Trinajstić information content (AvgIpc) is 2.69. The van der Waals surface area contributed by atoms with Gasteiger partial charge in [0.05, 0.1) is 19.9 Å². The Balaban J connectivity index is 0.00000171. The lowest BCUT2D eigenvalue weighted by molar-refractivity contribution is 0.354. The van der Waals surface area contributed by atoms with Crippen LogP contribution >= 0.6 is 24.0 Å². The van der Waals surface area contributed by atoms with E-state index in [4.69, 9.17) is 25.2 Å². The van der Waals surface area contributed by atoms with Crippen LogP contribution in [-0.2, 0) is 13.0 Å². The molecule has 4 N–H and O–H groups in total. The smallest absolute Gasteiger partial charge is 0.255 e. The van der Waals surface area contributed by atoms with Gasteiger partial charge in [-0.05, 0) is 56.0 Å². The lowest BCUT2D eigenvalue weighted by Crippen LogP contribution is -2.26. The molecule has 0 unspecified atom stereocenters. The Kier molecular flexibility index (Phi) is 7.66. The molecule has 0 spiro atoms. The molecule has 0 fully saturated rings. The number of ether oxygens (including phenoxy) is 2. The zero-order chi connectivity index (χ0) is 20.7. The quantitative estimate of drug-likeness (QED) is 0.516. The molecule has 31 heavy (non-hydrogen) atoms. The highest BCUT2D eigenvalue weighted by atomic mass is 127. The molecule has 8 nitrogen and oxygen atoms in total. The van der Waals surface area contributed by atoms with Crippen LogP contribution in [0.25, 0.3) is 11.4 Å². The third-order valence-corrected chi connectivity index (χ3v) is 5.25. The highest BCUT2D eigenvalue weighted by Crippen LogP contribution is 2.37. The number of nitrogens with zero attached hydrogens (tertiary/aromatic N) is 4. The minimum Gasteiger partial charge on any atom is -0.493 e. The first kappa shape index (κ1) is 24.6. The summed E-state index contributed by atoms with van der Waals surface area (Å²) in [5.74, 6) is 2.50. The highest BCUT2D eigenvalue weighted by molar-refractivity contribution is 14.0. The molecule has 0 amide bonds. The van der Waals surface area contributed by atoms with Crippen molar-refractivity contribution in [1.29, 1.82) is 0 Å². The molecule has 1 aliphatic heterocycles. The van der Waals surface area contributed by atoms with Crippen molar-refractivity contribution in [3.8, 4) is 22.9 Å². The van der Waals surface area contributed by atoms with Gasteiger partial charge in [-0.1, -0.05) is 17.7 Å². The van der Waals surface area contributed by atoms with Gasteiger partial charge in [0.1, 0.15) is 5.82 Å². The van der Waals surface area contributed by atoms with Crippen molar-refractivity contribution >= 4 is 35.6 Å². The Labute approximate surface area is 198 Å². The number of fused-ring (bicyclic) bond motifs is 3. The standard InChI is InChI=1S/C22H25N5O2.HI.H2O/c1-12-8-13(2)19(14(3)9-12)24-22-25-20-16-11-18(29-5)17(28-4)10-15(16)6-7-27(20)21(23)26-22;;/h8-11H,6-7H2,1-5H3,(H2,23,24,26);1H;1H2. The Hall–Kier alpha value is -2.66. The molecule has 2 aromatic carbocycles. The van der Waals surface area contributed by atoms with Gasteiger partial charge in [-0.25, -0.2) is 4.99 Å². The van der Waals surface area contributed by atoms with E-state index in [1.54, 1.807) is 14.2 Å². The first-order chi connectivity index (χ1) is 13.9. The van der Waals surface area contributed by atoms with E-state index in [-0.39, 0.29) is 29.5 Å². The minimum atomic E-state index is 0. The van der Waals surface area contributed by atoms with Gasteiger partial charge in [0.15, 0.2) is 11.5 Å². The number of anilines is 1. The normalized spacial score (nSPS) is 12.2. The van der Waals surface area contributed by atoms with Crippen molar-refractivity contribution in [3.63, 3.8) is 0 Å². The van der Waals surface area contributed by atoms with Crippen molar-refractivity contribution in [2.75, 3.05) is 20.0 Å². The first-order valence-electron chi connectivity index (χ1n) is 9.53. The zero-order valence-corrected chi connectivity index (χ0v) is 20.6. The second-order valence-electron chi connectivity index (χ2n) is 7.33. The van der Waals surface area contributed by atoms with E-state index >= 15 is 0 Å². The number of hydrogen-bond acceptors (Lipinski definition) is 6. The Morgan fingerprint density at radius 3 is 2.19 bits per heavy atom. The fraction of sp³-hybridized carbons (Fsp3) is 0.318. The van der Waals surface area contributed by atoms with Crippen LogP contribution in [0.15, 0.2) is 29.3 Å². The summed E-state index contributed by atoms with van der Waals surface area (Å²) >= 11 is 0. The van der Waals surface area contributed by atoms with Crippen LogP contribution in [0.5, 0.6) is 11.5 Å². The largest absolute Gasteiger partial charge is 0.493 e. The summed E-state index contributed by atoms with van der Waals surface area (Å²) < 4.78 is 12.8. The van der Waals surface area contributed by atoms with Gasteiger partial charge in [0.2, 0.25) is 5.95 Å². The van der Waals surface area contributed by atoms with Crippen LogP contribution < -0.4 is 20.8 Å². The molecule has 1 aromatic heterocycles. The van der Waals surface area contributed by atoms with E-state index in [1.807, 2.05) is 30.5 Å². The molecule has 0 bridgehead atoms. The second-order valence-corrected chi connectivity index (χ2v) is 7.33.